The number of methoxy groups -OCH3 is 1. The van der Waals surface area contributed by atoms with Gasteiger partial charge in [-0.2, -0.15) is 11.8 Å². The molecule has 0 aliphatic heterocycles. The molecule has 5 heteroatoms. The molecule has 126 valence electrons. The van der Waals surface area contributed by atoms with Crippen molar-refractivity contribution in [2.75, 3.05) is 12.9 Å². The normalized spacial score (nSPS) is 10.4. The summed E-state index contributed by atoms with van der Waals surface area (Å²) < 4.78 is 5.15. The molecule has 0 amide bonds. The lowest BCUT2D eigenvalue weighted by atomic mass is 10.1. The number of rotatable bonds is 8. The number of carbonyl (C=O) groups excluding carboxylic acids is 2. The van der Waals surface area contributed by atoms with E-state index in [1.54, 1.807) is 7.11 Å². The van der Waals surface area contributed by atoms with Gasteiger partial charge in [0.2, 0.25) is 0 Å². The van der Waals surface area contributed by atoms with E-state index < -0.39 is 0 Å². The maximum absolute atomic E-state index is 11.9. The van der Waals surface area contributed by atoms with Crippen LogP contribution >= 0.6 is 23.5 Å². The Morgan fingerprint density at radius 3 is 1.96 bits per heavy atom. The van der Waals surface area contributed by atoms with Crippen LogP contribution in [0.5, 0.6) is 5.75 Å². The zero-order valence-electron chi connectivity index (χ0n) is 13.8. The zero-order valence-corrected chi connectivity index (χ0v) is 15.4. The molecule has 2 aromatic rings. The van der Waals surface area contributed by atoms with Gasteiger partial charge >= 0.3 is 0 Å². The first-order valence-electron chi connectivity index (χ1n) is 7.54. The van der Waals surface area contributed by atoms with Crippen LogP contribution < -0.4 is 4.74 Å². The van der Waals surface area contributed by atoms with E-state index in [9.17, 15) is 9.59 Å². The van der Waals surface area contributed by atoms with Gasteiger partial charge < -0.3 is 4.74 Å². The van der Waals surface area contributed by atoms with Crippen LogP contribution in [0.1, 0.15) is 28.4 Å². The second kappa shape index (κ2) is 9.55. The van der Waals surface area contributed by atoms with E-state index in [2.05, 4.69) is 12.1 Å². The van der Waals surface area contributed by atoms with Gasteiger partial charge in [-0.1, -0.05) is 48.2 Å². The van der Waals surface area contributed by atoms with E-state index >= 15 is 0 Å². The molecule has 2 rings (SSSR count). The Labute approximate surface area is 151 Å². The van der Waals surface area contributed by atoms with Crippen molar-refractivity contribution in [3.8, 4) is 5.75 Å². The summed E-state index contributed by atoms with van der Waals surface area (Å²) in [6.07, 6.45) is 0. The number of carbonyl (C=O) groups is 2. The van der Waals surface area contributed by atoms with Crippen LogP contribution in [0.2, 0.25) is 0 Å². The summed E-state index contributed by atoms with van der Waals surface area (Å²) in [4.78, 5) is 22.8. The molecule has 0 aliphatic carbocycles. The largest absolute Gasteiger partial charge is 0.497 e. The highest BCUT2D eigenvalue weighted by Crippen LogP contribution is 2.20. The molecule has 0 unspecified atom stereocenters. The predicted octanol–water partition coefficient (Wildman–Crippen LogP) is 4.59. The summed E-state index contributed by atoms with van der Waals surface area (Å²) in [6, 6.07) is 15.7. The summed E-state index contributed by atoms with van der Waals surface area (Å²) in [5.41, 5.74) is 3.10. The Kier molecular flexibility index (Phi) is 7.40. The molecule has 0 heterocycles. The maximum Gasteiger partial charge on any atom is 0.186 e. The van der Waals surface area contributed by atoms with E-state index in [-0.39, 0.29) is 16.7 Å². The van der Waals surface area contributed by atoms with Gasteiger partial charge in [0, 0.05) is 24.0 Å². The van der Waals surface area contributed by atoms with Gasteiger partial charge in [-0.15, -0.1) is 0 Å². The maximum atomic E-state index is 11.9. The van der Waals surface area contributed by atoms with Crippen molar-refractivity contribution in [2.24, 2.45) is 0 Å². The van der Waals surface area contributed by atoms with E-state index in [4.69, 9.17) is 4.74 Å². The Hall–Kier alpha value is -1.72. The highest BCUT2D eigenvalue weighted by molar-refractivity contribution is 8.14. The second-order valence-electron chi connectivity index (χ2n) is 5.24. The van der Waals surface area contributed by atoms with Crippen LogP contribution in [0.4, 0.5) is 0 Å². The van der Waals surface area contributed by atoms with Crippen molar-refractivity contribution < 1.29 is 14.3 Å². The highest BCUT2D eigenvalue weighted by Gasteiger charge is 2.07. The first-order valence-corrected chi connectivity index (χ1v) is 9.68. The van der Waals surface area contributed by atoms with Gasteiger partial charge in [0.25, 0.3) is 0 Å². The Bertz CT molecular complexity index is 679. The van der Waals surface area contributed by atoms with E-state index in [1.807, 2.05) is 48.2 Å². The Balaban J connectivity index is 1.80. The quantitative estimate of drug-likeness (QED) is 0.644. The molecule has 0 spiro atoms. The summed E-state index contributed by atoms with van der Waals surface area (Å²) in [6.45, 7) is 1.47. The fourth-order valence-electron chi connectivity index (χ4n) is 2.05. The Morgan fingerprint density at radius 2 is 1.46 bits per heavy atom. The van der Waals surface area contributed by atoms with Gasteiger partial charge in [0.05, 0.1) is 12.9 Å². The van der Waals surface area contributed by atoms with Crippen LogP contribution in [-0.4, -0.2) is 23.8 Å². The topological polar surface area (TPSA) is 43.4 Å². The van der Waals surface area contributed by atoms with Gasteiger partial charge in [-0.05, 0) is 23.3 Å². The summed E-state index contributed by atoms with van der Waals surface area (Å²) in [5.74, 6) is 2.89. The minimum absolute atomic E-state index is 0.00682. The molecular weight excluding hydrogens is 340 g/mol. The molecule has 0 atom stereocenters. The van der Waals surface area contributed by atoms with Gasteiger partial charge in [0.1, 0.15) is 5.75 Å². The average Bonchev–Trinajstić information content (AvgIpc) is 2.61. The first-order chi connectivity index (χ1) is 11.6. The number of ether oxygens (including phenoxy) is 1. The van der Waals surface area contributed by atoms with Gasteiger partial charge in [-0.3, -0.25) is 9.59 Å². The lowest BCUT2D eigenvalue weighted by molar-refractivity contribution is -0.109. The number of ketones is 1. The number of Topliss-reactive ketones (excluding diaryl/α,β-unsaturated/α-hetero) is 1. The molecule has 0 saturated carbocycles. The summed E-state index contributed by atoms with van der Waals surface area (Å²) >= 11 is 2.88. The smallest absolute Gasteiger partial charge is 0.186 e. The molecule has 24 heavy (non-hydrogen) atoms. The molecule has 2 aromatic carbocycles. The number of hydrogen-bond donors (Lipinski definition) is 0. The van der Waals surface area contributed by atoms with Gasteiger partial charge in [0.15, 0.2) is 10.9 Å². The average molecular weight is 361 g/mol. The number of benzene rings is 2. The first kappa shape index (κ1) is 18.6. The monoisotopic (exact) mass is 360 g/mol. The lowest BCUT2D eigenvalue weighted by Gasteiger charge is -2.05. The van der Waals surface area contributed by atoms with E-state index in [0.717, 1.165) is 29.0 Å². The summed E-state index contributed by atoms with van der Waals surface area (Å²) in [7, 11) is 1.66. The third-order valence-corrected chi connectivity index (χ3v) is 5.27. The highest BCUT2D eigenvalue weighted by atomic mass is 32.2. The molecule has 0 aliphatic rings. The summed E-state index contributed by atoms with van der Waals surface area (Å²) in [5, 5.41) is -0.0325. The standard InChI is InChI=1S/C19H20O3S2/c1-14(20)24-13-19(21)17-7-3-15(4-8-17)11-23-12-16-5-9-18(22-2)10-6-16/h3-10H,11-13H2,1-2H3. The van der Waals surface area contributed by atoms with Crippen molar-refractivity contribution in [1.29, 1.82) is 0 Å². The minimum Gasteiger partial charge on any atom is -0.497 e. The lowest BCUT2D eigenvalue weighted by Crippen LogP contribution is -2.04. The minimum atomic E-state index is -0.0325. The van der Waals surface area contributed by atoms with Crippen molar-refractivity contribution in [1.82, 2.24) is 0 Å². The van der Waals surface area contributed by atoms with Crippen molar-refractivity contribution in [3.63, 3.8) is 0 Å². The SMILES string of the molecule is COc1ccc(CSCc2ccc(C(=O)CSC(C)=O)cc2)cc1. The van der Waals surface area contributed by atoms with E-state index in [0.29, 0.717) is 5.56 Å². The third kappa shape index (κ3) is 6.06. The molecule has 0 saturated heterocycles. The molecule has 3 nitrogen and oxygen atoms in total. The van der Waals surface area contributed by atoms with Crippen LogP contribution in [0.3, 0.4) is 0 Å². The van der Waals surface area contributed by atoms with Crippen LogP contribution in [0.15, 0.2) is 48.5 Å². The molecule has 0 fully saturated rings. The van der Waals surface area contributed by atoms with Crippen LogP contribution in [0.25, 0.3) is 0 Å². The fourth-order valence-corrected chi connectivity index (χ4v) is 3.51. The van der Waals surface area contributed by atoms with Crippen molar-refractivity contribution >= 4 is 34.4 Å². The van der Waals surface area contributed by atoms with E-state index in [1.165, 1.54) is 18.1 Å². The molecular formula is C19H20O3S2. The fraction of sp³-hybridized carbons (Fsp3) is 0.263. The van der Waals surface area contributed by atoms with Crippen molar-refractivity contribution in [2.45, 2.75) is 18.4 Å². The van der Waals surface area contributed by atoms with Crippen LogP contribution in [-0.2, 0) is 16.3 Å². The van der Waals surface area contributed by atoms with Crippen molar-refractivity contribution in [3.05, 3.63) is 65.2 Å². The zero-order chi connectivity index (χ0) is 17.4. The number of thioether (sulfide) groups is 2. The second-order valence-corrected chi connectivity index (χ2v) is 7.38. The Morgan fingerprint density at radius 1 is 0.917 bits per heavy atom. The molecule has 0 radical (unpaired) electrons. The van der Waals surface area contributed by atoms with Gasteiger partial charge in [-0.25, -0.2) is 0 Å². The molecule has 0 aromatic heterocycles. The van der Waals surface area contributed by atoms with Crippen LogP contribution in [0, 0.1) is 0 Å². The molecule has 0 bridgehead atoms. The number of hydrogen-bond acceptors (Lipinski definition) is 5. The third-order valence-electron chi connectivity index (χ3n) is 3.38. The molecule has 0 N–H and O–H groups in total. The predicted molar refractivity (Wildman–Crippen MR) is 102 cm³/mol.